The maximum atomic E-state index is 5.74. The summed E-state index contributed by atoms with van der Waals surface area (Å²) in [6, 6.07) is 3.73. The highest BCUT2D eigenvalue weighted by Crippen LogP contribution is 2.26. The Balaban J connectivity index is 2.11. The predicted molar refractivity (Wildman–Crippen MR) is 72.2 cm³/mol. The summed E-state index contributed by atoms with van der Waals surface area (Å²) in [4.78, 5) is 0. The van der Waals surface area contributed by atoms with Crippen LogP contribution in [0.2, 0.25) is 0 Å². The molecule has 2 heterocycles. The molecule has 0 saturated carbocycles. The molecule has 2 aromatic heterocycles. The van der Waals surface area contributed by atoms with Gasteiger partial charge >= 0.3 is 0 Å². The Morgan fingerprint density at radius 2 is 2.05 bits per heavy atom. The monoisotopic (exact) mass is 261 g/mol. The first-order valence-corrected chi connectivity index (χ1v) is 6.33. The summed E-state index contributed by atoms with van der Waals surface area (Å²) >= 11 is 0. The van der Waals surface area contributed by atoms with Gasteiger partial charge in [-0.05, 0) is 26.5 Å². The minimum atomic E-state index is 0.486. The number of rotatable bonds is 5. The van der Waals surface area contributed by atoms with Crippen molar-refractivity contribution in [3.8, 4) is 11.6 Å². The summed E-state index contributed by atoms with van der Waals surface area (Å²) in [5, 5.41) is 15.7. The molecule has 0 bridgehead atoms. The van der Waals surface area contributed by atoms with Gasteiger partial charge < -0.3 is 10.1 Å². The molecule has 0 aromatic carbocycles. The van der Waals surface area contributed by atoms with Crippen LogP contribution in [0.3, 0.4) is 0 Å². The molecule has 19 heavy (non-hydrogen) atoms. The molecule has 0 unspecified atom stereocenters. The second-order valence-corrected chi connectivity index (χ2v) is 4.37. The molecule has 2 aromatic rings. The molecule has 6 heteroatoms. The van der Waals surface area contributed by atoms with E-state index in [2.05, 4.69) is 27.5 Å². The Bertz CT molecular complexity index is 547. The third kappa shape index (κ3) is 3.08. The number of nitrogens with one attached hydrogen (secondary N) is 1. The zero-order chi connectivity index (χ0) is 13.8. The van der Waals surface area contributed by atoms with Crippen molar-refractivity contribution < 1.29 is 4.74 Å². The van der Waals surface area contributed by atoms with Crippen molar-refractivity contribution in [2.24, 2.45) is 7.05 Å². The molecular weight excluding hydrogens is 242 g/mol. The number of aromatic nitrogens is 4. The van der Waals surface area contributed by atoms with E-state index in [9.17, 15) is 0 Å². The van der Waals surface area contributed by atoms with Crippen molar-refractivity contribution in [1.82, 2.24) is 25.3 Å². The van der Waals surface area contributed by atoms with Gasteiger partial charge in [0.2, 0.25) is 5.88 Å². The molecule has 0 aliphatic carbocycles. The quantitative estimate of drug-likeness (QED) is 0.888. The summed E-state index contributed by atoms with van der Waals surface area (Å²) < 4.78 is 7.53. The van der Waals surface area contributed by atoms with Gasteiger partial charge in [-0.2, -0.15) is 10.2 Å². The zero-order valence-electron chi connectivity index (χ0n) is 11.8. The molecule has 0 aliphatic rings. The summed E-state index contributed by atoms with van der Waals surface area (Å²) in [5.74, 6) is 1.23. The van der Waals surface area contributed by atoms with Gasteiger partial charge in [0.05, 0.1) is 11.4 Å². The molecule has 0 atom stereocenters. The third-order valence-electron chi connectivity index (χ3n) is 2.90. The zero-order valence-corrected chi connectivity index (χ0v) is 11.8. The second kappa shape index (κ2) is 5.79. The number of hydrogen-bond donors (Lipinski definition) is 1. The van der Waals surface area contributed by atoms with Crippen LogP contribution in [0.5, 0.6) is 11.6 Å². The van der Waals surface area contributed by atoms with E-state index in [1.807, 2.05) is 33.0 Å². The van der Waals surface area contributed by atoms with E-state index in [1.165, 1.54) is 0 Å². The molecule has 0 fully saturated rings. The molecule has 2 rings (SSSR count). The lowest BCUT2D eigenvalue weighted by atomic mass is 10.3. The maximum Gasteiger partial charge on any atom is 0.239 e. The van der Waals surface area contributed by atoms with E-state index in [1.54, 1.807) is 4.68 Å². The van der Waals surface area contributed by atoms with Gasteiger partial charge in [0, 0.05) is 19.7 Å². The Labute approximate surface area is 112 Å². The lowest BCUT2D eigenvalue weighted by molar-refractivity contribution is 0.446. The van der Waals surface area contributed by atoms with Crippen LogP contribution < -0.4 is 10.1 Å². The van der Waals surface area contributed by atoms with Crippen LogP contribution in [0.25, 0.3) is 0 Å². The summed E-state index contributed by atoms with van der Waals surface area (Å²) in [6.07, 6.45) is 0. The minimum Gasteiger partial charge on any atom is -0.434 e. The van der Waals surface area contributed by atoms with Crippen molar-refractivity contribution in [2.45, 2.75) is 27.3 Å². The lowest BCUT2D eigenvalue weighted by Gasteiger charge is -2.05. The van der Waals surface area contributed by atoms with Crippen LogP contribution >= 0.6 is 0 Å². The van der Waals surface area contributed by atoms with E-state index in [4.69, 9.17) is 4.74 Å². The van der Waals surface area contributed by atoms with Crippen molar-refractivity contribution in [1.29, 1.82) is 0 Å². The Hall–Kier alpha value is -1.95. The van der Waals surface area contributed by atoms with Crippen molar-refractivity contribution in [3.05, 3.63) is 29.2 Å². The number of hydrogen-bond acceptors (Lipinski definition) is 5. The van der Waals surface area contributed by atoms with Crippen LogP contribution in [0.1, 0.15) is 24.0 Å². The summed E-state index contributed by atoms with van der Waals surface area (Å²) in [7, 11) is 1.89. The number of ether oxygens (including phenoxy) is 1. The number of aryl methyl sites for hydroxylation is 2. The largest absolute Gasteiger partial charge is 0.434 e. The Morgan fingerprint density at radius 3 is 2.58 bits per heavy atom. The topological polar surface area (TPSA) is 64.9 Å². The molecule has 1 N–H and O–H groups in total. The molecule has 0 aliphatic heterocycles. The first kappa shape index (κ1) is 13.5. The predicted octanol–water partition coefficient (Wildman–Crippen LogP) is 1.73. The van der Waals surface area contributed by atoms with Crippen molar-refractivity contribution in [2.75, 3.05) is 6.54 Å². The van der Waals surface area contributed by atoms with Crippen LogP contribution in [0, 0.1) is 13.8 Å². The smallest absolute Gasteiger partial charge is 0.239 e. The Morgan fingerprint density at radius 1 is 1.26 bits per heavy atom. The average molecular weight is 261 g/mol. The van der Waals surface area contributed by atoms with Gasteiger partial charge in [-0.1, -0.05) is 6.92 Å². The van der Waals surface area contributed by atoms with Crippen molar-refractivity contribution in [3.63, 3.8) is 0 Å². The van der Waals surface area contributed by atoms with E-state index < -0.39 is 0 Å². The standard InChI is InChI=1S/C13H19N5O/c1-5-14-8-11-6-7-12(16-15-11)19-13-9(2)17-18(4)10(13)3/h6-7,14H,5,8H2,1-4H3. The van der Waals surface area contributed by atoms with E-state index >= 15 is 0 Å². The maximum absolute atomic E-state index is 5.74. The second-order valence-electron chi connectivity index (χ2n) is 4.37. The van der Waals surface area contributed by atoms with Crippen LogP contribution in [-0.2, 0) is 13.6 Å². The molecule has 6 nitrogen and oxygen atoms in total. The molecular formula is C13H19N5O. The van der Waals surface area contributed by atoms with Gasteiger partial charge in [0.15, 0.2) is 5.75 Å². The fourth-order valence-electron chi connectivity index (χ4n) is 1.76. The third-order valence-corrected chi connectivity index (χ3v) is 2.90. The fourth-order valence-corrected chi connectivity index (χ4v) is 1.76. The Kier molecular flexibility index (Phi) is 4.11. The van der Waals surface area contributed by atoms with Crippen molar-refractivity contribution >= 4 is 0 Å². The fraction of sp³-hybridized carbons (Fsp3) is 0.462. The first-order valence-electron chi connectivity index (χ1n) is 6.33. The number of nitrogens with zero attached hydrogens (tertiary/aromatic N) is 4. The molecule has 0 spiro atoms. The van der Waals surface area contributed by atoms with E-state index in [-0.39, 0.29) is 0 Å². The van der Waals surface area contributed by atoms with Crippen LogP contribution in [0.15, 0.2) is 12.1 Å². The lowest BCUT2D eigenvalue weighted by Crippen LogP contribution is -2.13. The molecule has 0 amide bonds. The minimum absolute atomic E-state index is 0.486. The SMILES string of the molecule is CCNCc1ccc(Oc2c(C)nn(C)c2C)nn1. The van der Waals surface area contributed by atoms with Gasteiger partial charge in [-0.25, -0.2) is 0 Å². The van der Waals surface area contributed by atoms with Crippen LogP contribution in [0.4, 0.5) is 0 Å². The summed E-state index contributed by atoms with van der Waals surface area (Å²) in [6.45, 7) is 7.55. The first-order chi connectivity index (χ1) is 9.11. The van der Waals surface area contributed by atoms with E-state index in [0.29, 0.717) is 12.4 Å². The van der Waals surface area contributed by atoms with Gasteiger partial charge in [-0.3, -0.25) is 4.68 Å². The highest BCUT2D eigenvalue weighted by Gasteiger charge is 2.12. The van der Waals surface area contributed by atoms with Gasteiger partial charge in [-0.15, -0.1) is 5.10 Å². The normalized spacial score (nSPS) is 10.7. The highest BCUT2D eigenvalue weighted by molar-refractivity contribution is 5.35. The molecule has 0 saturated heterocycles. The average Bonchev–Trinajstić information content (AvgIpc) is 2.64. The van der Waals surface area contributed by atoms with E-state index in [0.717, 1.165) is 29.4 Å². The molecule has 0 radical (unpaired) electrons. The van der Waals surface area contributed by atoms with Gasteiger partial charge in [0.1, 0.15) is 5.69 Å². The van der Waals surface area contributed by atoms with Crippen LogP contribution in [-0.4, -0.2) is 26.5 Å². The van der Waals surface area contributed by atoms with Gasteiger partial charge in [0.25, 0.3) is 0 Å². The highest BCUT2D eigenvalue weighted by atomic mass is 16.5. The molecule has 102 valence electrons. The summed E-state index contributed by atoms with van der Waals surface area (Å²) in [5.41, 5.74) is 2.71.